The molecule has 0 aromatic heterocycles. The highest BCUT2D eigenvalue weighted by Gasteiger charge is 2.27. The molecule has 2 unspecified atom stereocenters. The minimum absolute atomic E-state index is 0.0246. The Bertz CT molecular complexity index is 2560. The molecule has 0 aliphatic carbocycles. The van der Waals surface area contributed by atoms with Crippen LogP contribution in [0.3, 0.4) is 0 Å². The zero-order valence-electron chi connectivity index (χ0n) is 34.2. The van der Waals surface area contributed by atoms with E-state index in [0.717, 1.165) is 0 Å². The molecular weight excluding hydrogens is 949 g/mol. The van der Waals surface area contributed by atoms with Crippen molar-refractivity contribution in [1.29, 1.82) is 0 Å². The van der Waals surface area contributed by atoms with Gasteiger partial charge in [-0.3, -0.25) is 28.8 Å². The van der Waals surface area contributed by atoms with Crippen LogP contribution in [0.2, 0.25) is 30.1 Å². The minimum atomic E-state index is -1.58. The number of halogens is 6. The topological polar surface area (TPSA) is 200 Å². The normalized spacial score (nSPS) is 12.2. The molecule has 2 atom stereocenters. The molecule has 0 saturated carbocycles. The van der Waals surface area contributed by atoms with Crippen LogP contribution in [0.5, 0.6) is 0 Å². The van der Waals surface area contributed by atoms with Crippen LogP contribution in [0.15, 0.2) is 105 Å². The van der Waals surface area contributed by atoms with Crippen molar-refractivity contribution >= 4 is 139 Å². The number of benzene rings is 5. The van der Waals surface area contributed by atoms with E-state index in [1.54, 1.807) is 24.3 Å². The molecule has 4 N–H and O–H groups in total. The van der Waals surface area contributed by atoms with Crippen molar-refractivity contribution in [2.75, 3.05) is 21.3 Å². The number of carbonyl (C=O) groups is 6. The summed E-state index contributed by atoms with van der Waals surface area (Å²) in [7, 11) is 0. The fourth-order valence-electron chi connectivity index (χ4n) is 6.08. The molecular formula is C44H36Cl6N8O6. The van der Waals surface area contributed by atoms with Gasteiger partial charge in [-0.15, -0.1) is 0 Å². The minimum Gasteiger partial charge on any atom is -0.323 e. The molecule has 0 aliphatic heterocycles. The average Bonchev–Trinajstić information content (AvgIpc) is 3.24. The van der Waals surface area contributed by atoms with Crippen molar-refractivity contribution in [3.63, 3.8) is 0 Å². The molecule has 0 bridgehead atoms. The molecule has 0 aliphatic rings. The lowest BCUT2D eigenvalue weighted by molar-refractivity contribution is -0.127. The van der Waals surface area contributed by atoms with Crippen molar-refractivity contribution in [2.24, 2.45) is 20.5 Å². The van der Waals surface area contributed by atoms with E-state index < -0.39 is 47.3 Å². The monoisotopic (exact) mass is 982 g/mol. The van der Waals surface area contributed by atoms with Gasteiger partial charge in [0.1, 0.15) is 0 Å². The highest BCUT2D eigenvalue weighted by atomic mass is 35.5. The van der Waals surface area contributed by atoms with Crippen LogP contribution in [0.25, 0.3) is 0 Å². The number of anilines is 4. The summed E-state index contributed by atoms with van der Waals surface area (Å²) < 4.78 is 0. The second-order valence-corrected chi connectivity index (χ2v) is 16.2. The summed E-state index contributed by atoms with van der Waals surface area (Å²) in [6.07, 6.45) is 0.774. The molecule has 0 radical (unpaired) electrons. The van der Waals surface area contributed by atoms with Crippen LogP contribution >= 0.6 is 69.6 Å². The molecule has 0 saturated heterocycles. The van der Waals surface area contributed by atoms with Gasteiger partial charge in [0, 0.05) is 21.4 Å². The maximum atomic E-state index is 13.6. The van der Waals surface area contributed by atoms with Crippen molar-refractivity contribution in [3.05, 3.63) is 137 Å². The number of ketones is 2. The molecule has 330 valence electrons. The second kappa shape index (κ2) is 22.2. The summed E-state index contributed by atoms with van der Waals surface area (Å²) >= 11 is 36.9. The van der Waals surface area contributed by atoms with E-state index in [1.807, 2.05) is 13.8 Å². The first-order valence-corrected chi connectivity index (χ1v) is 21.4. The van der Waals surface area contributed by atoms with Crippen LogP contribution < -0.4 is 21.3 Å². The molecule has 14 nitrogen and oxygen atoms in total. The van der Waals surface area contributed by atoms with Crippen LogP contribution in [0.1, 0.15) is 59.5 Å². The van der Waals surface area contributed by atoms with Gasteiger partial charge in [0.2, 0.25) is 12.1 Å². The van der Waals surface area contributed by atoms with E-state index in [0.29, 0.717) is 56.8 Å². The Morgan fingerprint density at radius 3 is 1.16 bits per heavy atom. The number of Topliss-reactive ketones (excluding diaryl/α,β-unsaturated/α-hetero) is 2. The Morgan fingerprint density at radius 1 is 0.469 bits per heavy atom. The maximum Gasteiger partial charge on any atom is 0.258 e. The average molecular weight is 986 g/mol. The zero-order chi connectivity index (χ0) is 46.8. The standard InChI is InChI=1S/C44H36Cl6N8O6/c1-5-27-28(6-2)36(52-44(64)40(22(4)60)58-56-26-10-12-32(48)30(20-26)42(62)54-38-14-8-24(46)18-34(38)50)16-15-35(27)51-43(63)39(21(3)59)57-55-25-9-11-31(47)29(19-25)41(61)53-37-13-7-23(45)17-33(37)49/h7-20,39-40H,5-6H2,1-4H3,(H,51,63)(H,52,64)(H,53,61)(H,54,62). The first-order chi connectivity index (χ1) is 30.4. The van der Waals surface area contributed by atoms with Gasteiger partial charge < -0.3 is 21.3 Å². The lowest BCUT2D eigenvalue weighted by Crippen LogP contribution is -2.33. The van der Waals surface area contributed by atoms with Crippen LogP contribution in [0.4, 0.5) is 34.1 Å². The maximum absolute atomic E-state index is 13.6. The number of nitrogens with one attached hydrogen (secondary N) is 4. The molecule has 5 rings (SSSR count). The fraction of sp³-hybridized carbons (Fsp3) is 0.182. The van der Waals surface area contributed by atoms with E-state index in [4.69, 9.17) is 69.6 Å². The predicted octanol–water partition coefficient (Wildman–Crippen LogP) is 12.6. The lowest BCUT2D eigenvalue weighted by atomic mass is 9.98. The number of nitrogens with zero attached hydrogens (tertiary/aromatic N) is 4. The van der Waals surface area contributed by atoms with Gasteiger partial charge in [-0.2, -0.15) is 20.5 Å². The smallest absolute Gasteiger partial charge is 0.258 e. The highest BCUT2D eigenvalue weighted by Crippen LogP contribution is 2.32. The lowest BCUT2D eigenvalue weighted by Gasteiger charge is -2.20. The summed E-state index contributed by atoms with van der Waals surface area (Å²) in [6.45, 7) is 6.04. The summed E-state index contributed by atoms with van der Waals surface area (Å²) in [4.78, 5) is 78.7. The van der Waals surface area contributed by atoms with Crippen LogP contribution in [-0.4, -0.2) is 47.3 Å². The number of rotatable bonds is 16. The largest absolute Gasteiger partial charge is 0.323 e. The van der Waals surface area contributed by atoms with E-state index in [2.05, 4.69) is 41.7 Å². The van der Waals surface area contributed by atoms with Crippen molar-refractivity contribution < 1.29 is 28.8 Å². The highest BCUT2D eigenvalue weighted by molar-refractivity contribution is 6.38. The summed E-state index contributed by atoms with van der Waals surface area (Å²) in [5, 5.41) is 28.3. The van der Waals surface area contributed by atoms with Gasteiger partial charge in [-0.1, -0.05) is 83.5 Å². The van der Waals surface area contributed by atoms with Gasteiger partial charge >= 0.3 is 0 Å². The Morgan fingerprint density at radius 2 is 0.828 bits per heavy atom. The molecule has 0 fully saturated rings. The van der Waals surface area contributed by atoms with Gasteiger partial charge in [0.25, 0.3) is 23.6 Å². The molecule has 20 heteroatoms. The molecule has 0 heterocycles. The van der Waals surface area contributed by atoms with E-state index in [1.165, 1.54) is 74.5 Å². The third kappa shape index (κ3) is 12.5. The number of azo groups is 2. The van der Waals surface area contributed by atoms with E-state index in [9.17, 15) is 28.8 Å². The SMILES string of the molecule is CCc1c(NC(=O)C(N=Nc2ccc(Cl)c(C(=O)Nc3ccc(Cl)cc3Cl)c2)C(C)=O)ccc(NC(=O)C(N=Nc2ccc(Cl)c(C(=O)Nc3ccc(Cl)cc3Cl)c2)C(C)=O)c1CC. The Labute approximate surface area is 397 Å². The Hall–Kier alpha value is -5.74. The summed E-state index contributed by atoms with van der Waals surface area (Å²) in [6, 6.07) is 17.4. The third-order valence-electron chi connectivity index (χ3n) is 9.25. The van der Waals surface area contributed by atoms with Gasteiger partial charge in [0.15, 0.2) is 11.6 Å². The molecule has 5 aromatic carbocycles. The van der Waals surface area contributed by atoms with Gasteiger partial charge in [-0.25, -0.2) is 0 Å². The Kier molecular flexibility index (Phi) is 17.1. The van der Waals surface area contributed by atoms with Crippen LogP contribution in [0, 0.1) is 0 Å². The van der Waals surface area contributed by atoms with Crippen molar-refractivity contribution in [3.8, 4) is 0 Å². The van der Waals surface area contributed by atoms with Crippen molar-refractivity contribution in [2.45, 2.75) is 52.6 Å². The summed E-state index contributed by atoms with van der Waals surface area (Å²) in [5.74, 6) is -4.03. The second-order valence-electron chi connectivity index (χ2n) is 13.7. The number of hydrogen-bond acceptors (Lipinski definition) is 10. The molecule has 0 spiro atoms. The molecule has 64 heavy (non-hydrogen) atoms. The Balaban J connectivity index is 1.30. The zero-order valence-corrected chi connectivity index (χ0v) is 38.7. The predicted molar refractivity (Wildman–Crippen MR) is 252 cm³/mol. The number of carbonyl (C=O) groups excluding carboxylic acids is 6. The number of amides is 4. The van der Waals surface area contributed by atoms with Gasteiger partial charge in [0.05, 0.1) is 54.0 Å². The fourth-order valence-corrected chi connectivity index (χ4v) is 7.40. The van der Waals surface area contributed by atoms with Gasteiger partial charge in [-0.05, 0) is 123 Å². The molecule has 4 amide bonds. The van der Waals surface area contributed by atoms with E-state index >= 15 is 0 Å². The third-order valence-corrected chi connectivity index (χ3v) is 11.0. The molecule has 5 aromatic rings. The number of hydrogen-bond donors (Lipinski definition) is 4. The van der Waals surface area contributed by atoms with Crippen LogP contribution in [-0.2, 0) is 32.0 Å². The van der Waals surface area contributed by atoms with E-state index in [-0.39, 0.29) is 42.6 Å². The quantitative estimate of drug-likeness (QED) is 0.0560. The first-order valence-electron chi connectivity index (χ1n) is 19.1. The summed E-state index contributed by atoms with van der Waals surface area (Å²) in [5.41, 5.74) is 2.85. The first kappa shape index (κ1) is 49.3. The van der Waals surface area contributed by atoms with Crippen molar-refractivity contribution in [1.82, 2.24) is 0 Å².